The summed E-state index contributed by atoms with van der Waals surface area (Å²) in [7, 11) is 0. The molecule has 0 amide bonds. The van der Waals surface area contributed by atoms with Gasteiger partial charge in [-0.2, -0.15) is 0 Å². The number of aliphatic hydroxyl groups excluding tert-OH is 3. The topological polar surface area (TPSA) is 99.4 Å². The van der Waals surface area contributed by atoms with Crippen molar-refractivity contribution in [2.24, 2.45) is 5.92 Å². The number of ether oxygens (including phenoxy) is 2. The Bertz CT molecular complexity index is 221. The molecule has 6 heteroatoms. The lowest BCUT2D eigenvalue weighted by molar-refractivity contribution is -0.335. The molecule has 0 aromatic heterocycles. The van der Waals surface area contributed by atoms with E-state index in [0.29, 0.717) is 12.5 Å². The zero-order chi connectivity index (χ0) is 12.3. The molecule has 6 nitrogen and oxygen atoms in total. The summed E-state index contributed by atoms with van der Waals surface area (Å²) in [4.78, 5) is 0. The highest BCUT2D eigenvalue weighted by atomic mass is 16.7. The van der Waals surface area contributed by atoms with Gasteiger partial charge in [0.05, 0.1) is 6.61 Å². The van der Waals surface area contributed by atoms with E-state index in [9.17, 15) is 20.4 Å². The molecule has 16 heavy (non-hydrogen) atoms. The van der Waals surface area contributed by atoms with Gasteiger partial charge in [0.25, 0.3) is 0 Å². The lowest BCUT2D eigenvalue weighted by Crippen LogP contribution is -2.62. The second-order valence-corrected chi connectivity index (χ2v) is 4.57. The molecule has 0 saturated carbocycles. The number of hydrogen-bond acceptors (Lipinski definition) is 6. The average Bonchev–Trinajstić information content (AvgIpc) is 2.21. The molecule has 0 bridgehead atoms. The maximum atomic E-state index is 9.87. The third-order valence-electron chi connectivity index (χ3n) is 2.44. The molecule has 0 spiro atoms. The Kier molecular flexibility index (Phi) is 4.66. The lowest BCUT2D eigenvalue weighted by Gasteiger charge is -2.41. The van der Waals surface area contributed by atoms with E-state index < -0.39 is 24.1 Å². The fraction of sp³-hybridized carbons (Fsp3) is 1.00. The van der Waals surface area contributed by atoms with Crippen LogP contribution in [0.4, 0.5) is 0 Å². The molecular formula is C10H20O6. The van der Waals surface area contributed by atoms with Crippen LogP contribution in [-0.4, -0.2) is 64.3 Å². The van der Waals surface area contributed by atoms with Crippen LogP contribution in [0.2, 0.25) is 0 Å². The van der Waals surface area contributed by atoms with Gasteiger partial charge in [-0.05, 0) is 5.92 Å². The van der Waals surface area contributed by atoms with Gasteiger partial charge < -0.3 is 29.9 Å². The molecule has 0 aliphatic carbocycles. The van der Waals surface area contributed by atoms with Gasteiger partial charge in [-0.15, -0.1) is 0 Å². The van der Waals surface area contributed by atoms with Crippen LogP contribution in [0.25, 0.3) is 0 Å². The summed E-state index contributed by atoms with van der Waals surface area (Å²) >= 11 is 0. The highest BCUT2D eigenvalue weighted by molar-refractivity contribution is 4.91. The summed E-state index contributed by atoms with van der Waals surface area (Å²) in [6, 6.07) is 0. The fourth-order valence-corrected chi connectivity index (χ4v) is 1.46. The van der Waals surface area contributed by atoms with Crippen LogP contribution in [-0.2, 0) is 9.47 Å². The van der Waals surface area contributed by atoms with Crippen molar-refractivity contribution in [2.45, 2.75) is 37.9 Å². The molecule has 1 fully saturated rings. The molecule has 1 aliphatic heterocycles. The first kappa shape index (κ1) is 13.8. The standard InChI is InChI=1S/C10H20O6/c1-6(2)3-15-5-10(14)9(13)8(12)7(11)4-16-10/h6-9,11-14H,3-5H2,1-2H3/t7-,8+,9-,10+/m1/s1. The van der Waals surface area contributed by atoms with Crippen molar-refractivity contribution in [3.63, 3.8) is 0 Å². The average molecular weight is 236 g/mol. The van der Waals surface area contributed by atoms with Crippen molar-refractivity contribution in [2.75, 3.05) is 19.8 Å². The molecule has 1 heterocycles. The molecule has 1 saturated heterocycles. The smallest absolute Gasteiger partial charge is 0.219 e. The van der Waals surface area contributed by atoms with Gasteiger partial charge in [0, 0.05) is 6.61 Å². The minimum Gasteiger partial charge on any atom is -0.388 e. The molecule has 0 aromatic carbocycles. The van der Waals surface area contributed by atoms with E-state index in [1.54, 1.807) is 0 Å². The molecule has 0 aromatic rings. The maximum absolute atomic E-state index is 9.87. The highest BCUT2D eigenvalue weighted by Crippen LogP contribution is 2.24. The third-order valence-corrected chi connectivity index (χ3v) is 2.44. The summed E-state index contributed by atoms with van der Waals surface area (Å²) in [6.45, 7) is 3.83. The van der Waals surface area contributed by atoms with Crippen molar-refractivity contribution >= 4 is 0 Å². The maximum Gasteiger partial charge on any atom is 0.219 e. The fourth-order valence-electron chi connectivity index (χ4n) is 1.46. The second kappa shape index (κ2) is 5.39. The molecule has 0 radical (unpaired) electrons. The summed E-state index contributed by atoms with van der Waals surface area (Å²) in [5, 5.41) is 38.0. The van der Waals surface area contributed by atoms with E-state index in [1.165, 1.54) is 0 Å². The van der Waals surface area contributed by atoms with Crippen molar-refractivity contribution in [3.8, 4) is 0 Å². The zero-order valence-corrected chi connectivity index (χ0v) is 9.54. The number of aliphatic hydroxyl groups is 4. The van der Waals surface area contributed by atoms with Gasteiger partial charge in [-0.25, -0.2) is 0 Å². The molecule has 1 rings (SSSR count). The molecular weight excluding hydrogens is 216 g/mol. The Hall–Kier alpha value is -0.240. The molecule has 1 aliphatic rings. The Morgan fingerprint density at radius 3 is 2.56 bits per heavy atom. The van der Waals surface area contributed by atoms with E-state index in [0.717, 1.165) is 0 Å². The first-order valence-electron chi connectivity index (χ1n) is 5.35. The van der Waals surface area contributed by atoms with Crippen LogP contribution in [0.5, 0.6) is 0 Å². The van der Waals surface area contributed by atoms with Gasteiger partial charge >= 0.3 is 0 Å². The van der Waals surface area contributed by atoms with Gasteiger partial charge in [-0.3, -0.25) is 0 Å². The highest BCUT2D eigenvalue weighted by Gasteiger charge is 2.48. The summed E-state index contributed by atoms with van der Waals surface area (Å²) in [5.41, 5.74) is 0. The largest absolute Gasteiger partial charge is 0.388 e. The van der Waals surface area contributed by atoms with Crippen LogP contribution in [0.1, 0.15) is 13.8 Å². The van der Waals surface area contributed by atoms with Crippen molar-refractivity contribution in [3.05, 3.63) is 0 Å². The number of hydrogen-bond donors (Lipinski definition) is 4. The van der Waals surface area contributed by atoms with Crippen molar-refractivity contribution in [1.29, 1.82) is 0 Å². The lowest BCUT2D eigenvalue weighted by atomic mass is 9.97. The minimum absolute atomic E-state index is 0.236. The van der Waals surface area contributed by atoms with Crippen molar-refractivity contribution < 1.29 is 29.9 Å². The molecule has 0 unspecified atom stereocenters. The van der Waals surface area contributed by atoms with Crippen LogP contribution in [0, 0.1) is 5.92 Å². The van der Waals surface area contributed by atoms with E-state index in [4.69, 9.17) is 9.47 Å². The van der Waals surface area contributed by atoms with Crippen LogP contribution >= 0.6 is 0 Å². The Labute approximate surface area is 94.4 Å². The van der Waals surface area contributed by atoms with E-state index in [2.05, 4.69) is 0 Å². The molecule has 96 valence electrons. The van der Waals surface area contributed by atoms with Gasteiger partial charge in [0.2, 0.25) is 5.79 Å². The predicted octanol–water partition coefficient (Wildman–Crippen LogP) is -1.54. The SMILES string of the molecule is CC(C)COC[C@]1(O)OC[C@@H](O)[C@H](O)[C@H]1O. The first-order valence-corrected chi connectivity index (χ1v) is 5.35. The third kappa shape index (κ3) is 3.13. The van der Waals surface area contributed by atoms with Gasteiger partial charge in [0.1, 0.15) is 24.9 Å². The quantitative estimate of drug-likeness (QED) is 0.472. The Morgan fingerprint density at radius 2 is 2.00 bits per heavy atom. The monoisotopic (exact) mass is 236 g/mol. The molecule has 4 N–H and O–H groups in total. The zero-order valence-electron chi connectivity index (χ0n) is 9.54. The number of rotatable bonds is 4. The van der Waals surface area contributed by atoms with E-state index >= 15 is 0 Å². The molecule has 4 atom stereocenters. The Balaban J connectivity index is 2.49. The van der Waals surface area contributed by atoms with Crippen LogP contribution in [0.3, 0.4) is 0 Å². The Morgan fingerprint density at radius 1 is 1.38 bits per heavy atom. The summed E-state index contributed by atoms with van der Waals surface area (Å²) < 4.78 is 10.1. The summed E-state index contributed by atoms with van der Waals surface area (Å²) in [5.74, 6) is -1.66. The van der Waals surface area contributed by atoms with Gasteiger partial charge in [0.15, 0.2) is 0 Å². The summed E-state index contributed by atoms with van der Waals surface area (Å²) in [6.07, 6.45) is -4.20. The van der Waals surface area contributed by atoms with Crippen LogP contribution in [0.15, 0.2) is 0 Å². The predicted molar refractivity (Wildman–Crippen MR) is 54.6 cm³/mol. The van der Waals surface area contributed by atoms with Gasteiger partial charge in [-0.1, -0.05) is 13.8 Å². The van der Waals surface area contributed by atoms with E-state index in [1.807, 2.05) is 13.8 Å². The first-order chi connectivity index (χ1) is 7.37. The van der Waals surface area contributed by atoms with Crippen LogP contribution < -0.4 is 0 Å². The second-order valence-electron chi connectivity index (χ2n) is 4.57. The minimum atomic E-state index is -1.95. The van der Waals surface area contributed by atoms with E-state index in [-0.39, 0.29) is 13.2 Å². The normalized spacial score (nSPS) is 40.3. The van der Waals surface area contributed by atoms with Crippen molar-refractivity contribution in [1.82, 2.24) is 0 Å².